The quantitative estimate of drug-likeness (QED) is 0.759. The zero-order valence-electron chi connectivity index (χ0n) is 12.0. The maximum atomic E-state index is 13.9. The summed E-state index contributed by atoms with van der Waals surface area (Å²) in [5.74, 6) is -0.115. The molecule has 0 aliphatic carbocycles. The molecule has 0 amide bonds. The molecule has 0 spiro atoms. The van der Waals surface area contributed by atoms with E-state index >= 15 is 0 Å². The number of ether oxygens (including phenoxy) is 1. The lowest BCUT2D eigenvalue weighted by Crippen LogP contribution is -2.18. The molecule has 1 atom stereocenters. The molecule has 112 valence electrons. The molecule has 0 heterocycles. The van der Waals surface area contributed by atoms with Crippen molar-refractivity contribution in [1.29, 1.82) is 0 Å². The Hall–Kier alpha value is -0.910. The molecule has 0 aromatic heterocycles. The predicted molar refractivity (Wildman–Crippen MR) is 90.4 cm³/mol. The van der Waals surface area contributed by atoms with Gasteiger partial charge in [0.2, 0.25) is 0 Å². The normalized spacial score (nSPS) is 12.3. The Morgan fingerprint density at radius 2 is 1.86 bits per heavy atom. The first-order chi connectivity index (χ1) is 9.97. The van der Waals surface area contributed by atoms with E-state index < -0.39 is 0 Å². The predicted octanol–water partition coefficient (Wildman–Crippen LogP) is 4.98. The molecule has 1 N–H and O–H groups in total. The Bertz CT molecular complexity index is 661. The number of nitrogens with one attached hydrogen (secondary N) is 1. The van der Waals surface area contributed by atoms with Crippen molar-refractivity contribution >= 4 is 31.9 Å². The van der Waals surface area contributed by atoms with Crippen molar-refractivity contribution in [2.24, 2.45) is 0 Å². The third kappa shape index (κ3) is 3.47. The van der Waals surface area contributed by atoms with E-state index in [-0.39, 0.29) is 17.6 Å². The van der Waals surface area contributed by atoms with Crippen LogP contribution in [-0.4, -0.2) is 14.2 Å². The van der Waals surface area contributed by atoms with Crippen LogP contribution >= 0.6 is 31.9 Å². The van der Waals surface area contributed by atoms with Crippen molar-refractivity contribution in [2.75, 3.05) is 14.2 Å². The molecule has 0 bridgehead atoms. The number of benzene rings is 2. The molecule has 0 aliphatic rings. The number of hydrogen-bond donors (Lipinski definition) is 1. The second kappa shape index (κ2) is 6.90. The van der Waals surface area contributed by atoms with Crippen molar-refractivity contribution in [3.63, 3.8) is 0 Å². The summed E-state index contributed by atoms with van der Waals surface area (Å²) in [7, 11) is 3.31. The van der Waals surface area contributed by atoms with Gasteiger partial charge in [0.1, 0.15) is 0 Å². The summed E-state index contributed by atoms with van der Waals surface area (Å²) in [6.07, 6.45) is 0. The smallest absolute Gasteiger partial charge is 0.165 e. The van der Waals surface area contributed by atoms with Crippen molar-refractivity contribution in [3.8, 4) is 5.75 Å². The van der Waals surface area contributed by atoms with Crippen molar-refractivity contribution in [3.05, 3.63) is 61.8 Å². The molecule has 2 aromatic carbocycles. The third-order valence-corrected chi connectivity index (χ3v) is 4.93. The monoisotopic (exact) mass is 415 g/mol. The van der Waals surface area contributed by atoms with E-state index in [1.54, 1.807) is 6.07 Å². The first kappa shape index (κ1) is 16.5. The molecule has 0 fully saturated rings. The van der Waals surface area contributed by atoms with Gasteiger partial charge in [0.15, 0.2) is 11.6 Å². The highest BCUT2D eigenvalue weighted by molar-refractivity contribution is 9.11. The van der Waals surface area contributed by atoms with E-state index in [0.29, 0.717) is 0 Å². The van der Waals surface area contributed by atoms with E-state index in [1.165, 1.54) is 13.2 Å². The lowest BCUT2D eigenvalue weighted by Gasteiger charge is -2.20. The summed E-state index contributed by atoms with van der Waals surface area (Å²) in [4.78, 5) is 0. The fourth-order valence-electron chi connectivity index (χ4n) is 2.25. The molecule has 5 heteroatoms. The van der Waals surface area contributed by atoms with Gasteiger partial charge in [0.05, 0.1) is 13.2 Å². The van der Waals surface area contributed by atoms with Gasteiger partial charge in [0, 0.05) is 8.95 Å². The second-order valence-corrected chi connectivity index (χ2v) is 6.45. The van der Waals surface area contributed by atoms with Gasteiger partial charge in [-0.05, 0) is 54.9 Å². The van der Waals surface area contributed by atoms with Gasteiger partial charge in [-0.1, -0.05) is 37.9 Å². The fraction of sp³-hybridized carbons (Fsp3) is 0.250. The summed E-state index contributed by atoms with van der Waals surface area (Å²) >= 11 is 7.13. The second-order valence-electron chi connectivity index (χ2n) is 4.74. The molecule has 21 heavy (non-hydrogen) atoms. The third-order valence-electron chi connectivity index (χ3n) is 3.39. The first-order valence-corrected chi connectivity index (χ1v) is 8.02. The molecule has 2 rings (SSSR count). The SMILES string of the molecule is CNC(c1ccc(OC)c(F)c1)c1cc(Br)c(C)cc1Br. The minimum absolute atomic E-state index is 0.114. The summed E-state index contributed by atoms with van der Waals surface area (Å²) in [6, 6.07) is 8.99. The van der Waals surface area contributed by atoms with Crippen LogP contribution in [0.15, 0.2) is 39.3 Å². The van der Waals surface area contributed by atoms with Gasteiger partial charge in [0.25, 0.3) is 0 Å². The van der Waals surface area contributed by atoms with Crippen LogP contribution in [0.5, 0.6) is 5.75 Å². The molecule has 2 aromatic rings. The van der Waals surface area contributed by atoms with Gasteiger partial charge >= 0.3 is 0 Å². The zero-order valence-corrected chi connectivity index (χ0v) is 15.2. The Labute approximate surface area is 141 Å². The Kier molecular flexibility index (Phi) is 5.41. The minimum atomic E-state index is -0.363. The summed E-state index contributed by atoms with van der Waals surface area (Å²) < 4.78 is 20.9. The molecule has 0 saturated heterocycles. The maximum Gasteiger partial charge on any atom is 0.165 e. The number of halogens is 3. The number of hydrogen-bond acceptors (Lipinski definition) is 2. The summed E-state index contributed by atoms with van der Waals surface area (Å²) in [6.45, 7) is 2.03. The molecular weight excluding hydrogens is 401 g/mol. The van der Waals surface area contributed by atoms with E-state index in [2.05, 4.69) is 37.2 Å². The molecule has 0 saturated carbocycles. The Morgan fingerprint density at radius 1 is 1.14 bits per heavy atom. The van der Waals surface area contributed by atoms with Gasteiger partial charge in [-0.3, -0.25) is 0 Å². The van der Waals surface area contributed by atoms with Gasteiger partial charge in [-0.15, -0.1) is 0 Å². The highest BCUT2D eigenvalue weighted by Gasteiger charge is 2.18. The van der Waals surface area contributed by atoms with Crippen molar-refractivity contribution in [1.82, 2.24) is 5.32 Å². The number of methoxy groups -OCH3 is 1. The fourth-order valence-corrected chi connectivity index (χ4v) is 3.29. The average Bonchev–Trinajstić information content (AvgIpc) is 2.45. The lowest BCUT2D eigenvalue weighted by atomic mass is 9.97. The Morgan fingerprint density at radius 3 is 2.43 bits per heavy atom. The van der Waals surface area contributed by atoms with E-state index in [9.17, 15) is 4.39 Å². The van der Waals surface area contributed by atoms with Gasteiger partial charge in [-0.2, -0.15) is 0 Å². The van der Waals surface area contributed by atoms with Crippen LogP contribution in [0.2, 0.25) is 0 Å². The molecular formula is C16H16Br2FNO. The molecule has 0 aliphatic heterocycles. The lowest BCUT2D eigenvalue weighted by molar-refractivity contribution is 0.386. The standard InChI is InChI=1S/C16H16Br2FNO/c1-9-6-13(18)11(8-12(9)17)16(20-2)10-4-5-15(21-3)14(19)7-10/h4-8,16,20H,1-3H3. The number of rotatable bonds is 4. The van der Waals surface area contributed by atoms with Crippen LogP contribution in [-0.2, 0) is 0 Å². The van der Waals surface area contributed by atoms with Crippen molar-refractivity contribution < 1.29 is 9.13 Å². The first-order valence-electron chi connectivity index (χ1n) is 6.44. The number of aryl methyl sites for hydroxylation is 1. The highest BCUT2D eigenvalue weighted by atomic mass is 79.9. The van der Waals surface area contributed by atoms with Crippen LogP contribution < -0.4 is 10.1 Å². The maximum absolute atomic E-state index is 13.9. The molecule has 0 radical (unpaired) electrons. The summed E-state index contributed by atoms with van der Waals surface area (Å²) in [5, 5.41) is 3.23. The van der Waals surface area contributed by atoms with Gasteiger partial charge in [-0.25, -0.2) is 4.39 Å². The van der Waals surface area contributed by atoms with Gasteiger partial charge < -0.3 is 10.1 Å². The van der Waals surface area contributed by atoms with Crippen molar-refractivity contribution in [2.45, 2.75) is 13.0 Å². The van der Waals surface area contributed by atoms with E-state index in [0.717, 1.165) is 25.6 Å². The van der Waals surface area contributed by atoms with Crippen LogP contribution in [0.25, 0.3) is 0 Å². The Balaban J connectivity index is 2.49. The average molecular weight is 417 g/mol. The van der Waals surface area contributed by atoms with E-state index in [4.69, 9.17) is 4.74 Å². The van der Waals surface area contributed by atoms with Crippen LogP contribution in [0.3, 0.4) is 0 Å². The summed E-state index contributed by atoms with van der Waals surface area (Å²) in [5.41, 5.74) is 3.02. The largest absolute Gasteiger partial charge is 0.494 e. The van der Waals surface area contributed by atoms with Crippen LogP contribution in [0, 0.1) is 12.7 Å². The van der Waals surface area contributed by atoms with Crippen LogP contribution in [0.1, 0.15) is 22.7 Å². The van der Waals surface area contributed by atoms with Crippen LogP contribution in [0.4, 0.5) is 4.39 Å². The molecule has 2 nitrogen and oxygen atoms in total. The highest BCUT2D eigenvalue weighted by Crippen LogP contribution is 2.34. The van der Waals surface area contributed by atoms with E-state index in [1.807, 2.05) is 32.2 Å². The molecule has 1 unspecified atom stereocenters. The topological polar surface area (TPSA) is 21.3 Å². The zero-order chi connectivity index (χ0) is 15.6. The minimum Gasteiger partial charge on any atom is -0.494 e.